The topological polar surface area (TPSA) is 69.4 Å². The summed E-state index contributed by atoms with van der Waals surface area (Å²) in [5.74, 6) is -0.214. The van der Waals surface area contributed by atoms with Gasteiger partial charge >= 0.3 is 5.97 Å². The van der Waals surface area contributed by atoms with Gasteiger partial charge in [0.15, 0.2) is 23.1 Å². The van der Waals surface area contributed by atoms with Gasteiger partial charge in [0.25, 0.3) is 0 Å². The summed E-state index contributed by atoms with van der Waals surface area (Å²) in [6.07, 6.45) is 1.55. The highest BCUT2D eigenvalue weighted by atomic mass is 32.1. The summed E-state index contributed by atoms with van der Waals surface area (Å²) in [5, 5.41) is 1.66. The molecule has 0 aliphatic heterocycles. The van der Waals surface area contributed by atoms with E-state index in [0.29, 0.717) is 15.6 Å². The van der Waals surface area contributed by atoms with Gasteiger partial charge in [-0.15, -0.1) is 22.7 Å². The standard InChI is InChI=1S/C20H15NO4S2/c1-11-13-6-3-4-8-16(13)27-18(11)14(22)10-25-20(23)17-12(2)26-19(21-17)15-7-5-9-24-15/h3-9H,10H2,1-2H3. The first-order valence-corrected chi connectivity index (χ1v) is 9.87. The van der Waals surface area contributed by atoms with Crippen LogP contribution in [-0.2, 0) is 4.74 Å². The van der Waals surface area contributed by atoms with Gasteiger partial charge in [-0.05, 0) is 43.0 Å². The van der Waals surface area contributed by atoms with E-state index in [9.17, 15) is 9.59 Å². The lowest BCUT2D eigenvalue weighted by molar-refractivity contribution is 0.0470. The molecule has 0 fully saturated rings. The Morgan fingerprint density at radius 1 is 1.11 bits per heavy atom. The summed E-state index contributed by atoms with van der Waals surface area (Å²) in [7, 11) is 0. The number of esters is 1. The molecule has 5 nitrogen and oxygen atoms in total. The monoisotopic (exact) mass is 397 g/mol. The lowest BCUT2D eigenvalue weighted by Gasteiger charge is -2.03. The first-order chi connectivity index (χ1) is 13.0. The van der Waals surface area contributed by atoms with Gasteiger partial charge in [0.1, 0.15) is 0 Å². The molecule has 1 aromatic carbocycles. The molecule has 4 aromatic rings. The molecule has 0 N–H and O–H groups in total. The average molecular weight is 397 g/mol. The molecular formula is C20H15NO4S2. The number of benzene rings is 1. The molecular weight excluding hydrogens is 382 g/mol. The van der Waals surface area contributed by atoms with Crippen LogP contribution in [0.5, 0.6) is 0 Å². The number of aryl methyl sites for hydroxylation is 2. The molecule has 0 bridgehead atoms. The number of ketones is 1. The summed E-state index contributed by atoms with van der Waals surface area (Å²) in [5.41, 5.74) is 1.13. The van der Waals surface area contributed by atoms with Crippen LogP contribution < -0.4 is 0 Å². The summed E-state index contributed by atoms with van der Waals surface area (Å²) >= 11 is 2.77. The minimum Gasteiger partial charge on any atom is -0.462 e. The number of aromatic nitrogens is 1. The Labute approximate surface area is 163 Å². The van der Waals surface area contributed by atoms with Crippen LogP contribution in [0.3, 0.4) is 0 Å². The van der Waals surface area contributed by atoms with Crippen molar-refractivity contribution in [1.29, 1.82) is 0 Å². The second-order valence-electron chi connectivity index (χ2n) is 5.95. The minimum absolute atomic E-state index is 0.207. The molecule has 0 radical (unpaired) electrons. The zero-order valence-corrected chi connectivity index (χ0v) is 16.3. The highest BCUT2D eigenvalue weighted by Gasteiger charge is 2.21. The van der Waals surface area contributed by atoms with E-state index >= 15 is 0 Å². The van der Waals surface area contributed by atoms with E-state index in [1.54, 1.807) is 25.3 Å². The Kier molecular flexibility index (Phi) is 4.63. The highest BCUT2D eigenvalue weighted by molar-refractivity contribution is 7.21. The van der Waals surface area contributed by atoms with E-state index in [-0.39, 0.29) is 18.1 Å². The molecule has 3 heterocycles. The first kappa shape index (κ1) is 17.6. The fourth-order valence-corrected chi connectivity index (χ4v) is 4.80. The van der Waals surface area contributed by atoms with Crippen LogP contribution in [0.2, 0.25) is 0 Å². The lowest BCUT2D eigenvalue weighted by atomic mass is 10.1. The molecule has 0 saturated carbocycles. The van der Waals surface area contributed by atoms with Crippen LogP contribution in [0.4, 0.5) is 0 Å². The van der Waals surface area contributed by atoms with Gasteiger partial charge in [-0.3, -0.25) is 4.79 Å². The van der Waals surface area contributed by atoms with Gasteiger partial charge in [0.2, 0.25) is 5.78 Å². The number of rotatable bonds is 5. The van der Waals surface area contributed by atoms with Crippen molar-refractivity contribution in [2.45, 2.75) is 13.8 Å². The van der Waals surface area contributed by atoms with E-state index in [0.717, 1.165) is 20.5 Å². The molecule has 27 heavy (non-hydrogen) atoms. The molecule has 0 saturated heterocycles. The lowest BCUT2D eigenvalue weighted by Crippen LogP contribution is -2.15. The van der Waals surface area contributed by atoms with E-state index in [1.165, 1.54) is 22.7 Å². The second-order valence-corrected chi connectivity index (χ2v) is 8.21. The fraction of sp³-hybridized carbons (Fsp3) is 0.150. The molecule has 136 valence electrons. The number of carbonyl (C=O) groups is 2. The van der Waals surface area contributed by atoms with Gasteiger partial charge in [0.05, 0.1) is 11.1 Å². The maximum absolute atomic E-state index is 12.5. The van der Waals surface area contributed by atoms with E-state index in [2.05, 4.69) is 4.98 Å². The van der Waals surface area contributed by atoms with Crippen LogP contribution in [0.1, 0.15) is 30.6 Å². The maximum Gasteiger partial charge on any atom is 0.358 e. The Bertz CT molecular complexity index is 1140. The maximum atomic E-state index is 12.5. The summed E-state index contributed by atoms with van der Waals surface area (Å²) < 4.78 is 11.6. The van der Waals surface area contributed by atoms with Crippen LogP contribution in [0, 0.1) is 13.8 Å². The molecule has 7 heteroatoms. The van der Waals surface area contributed by atoms with Crippen molar-refractivity contribution >= 4 is 44.5 Å². The SMILES string of the molecule is Cc1sc(-c2ccco2)nc1C(=O)OCC(=O)c1sc2ccccc2c1C. The highest BCUT2D eigenvalue weighted by Crippen LogP contribution is 2.31. The number of ether oxygens (including phenoxy) is 1. The molecule has 4 rings (SSSR count). The number of hydrogen-bond donors (Lipinski definition) is 0. The molecule has 0 amide bonds. The van der Waals surface area contributed by atoms with Crippen LogP contribution in [-0.4, -0.2) is 23.3 Å². The Morgan fingerprint density at radius 3 is 2.67 bits per heavy atom. The van der Waals surface area contributed by atoms with E-state index in [1.807, 2.05) is 31.2 Å². The predicted octanol–water partition coefficient (Wildman–Crippen LogP) is 5.27. The Hall–Kier alpha value is -2.77. The van der Waals surface area contributed by atoms with Gasteiger partial charge in [-0.25, -0.2) is 9.78 Å². The van der Waals surface area contributed by atoms with Crippen LogP contribution >= 0.6 is 22.7 Å². The van der Waals surface area contributed by atoms with Gasteiger partial charge in [-0.2, -0.15) is 0 Å². The van der Waals surface area contributed by atoms with Gasteiger partial charge in [0, 0.05) is 9.58 Å². The number of Topliss-reactive ketones (excluding diaryl/α,β-unsaturated/α-hetero) is 1. The van der Waals surface area contributed by atoms with Crippen molar-refractivity contribution in [2.24, 2.45) is 0 Å². The van der Waals surface area contributed by atoms with Crippen LogP contribution in [0.25, 0.3) is 20.9 Å². The predicted molar refractivity (Wildman–Crippen MR) is 106 cm³/mol. The number of carbonyl (C=O) groups excluding carboxylic acids is 2. The van der Waals surface area contributed by atoms with Crippen molar-refractivity contribution in [2.75, 3.05) is 6.61 Å². The third kappa shape index (κ3) is 3.31. The zero-order chi connectivity index (χ0) is 19.0. The van der Waals surface area contributed by atoms with Crippen molar-refractivity contribution < 1.29 is 18.7 Å². The molecule has 0 atom stereocenters. The quantitative estimate of drug-likeness (QED) is 0.339. The normalized spacial score (nSPS) is 11.0. The summed E-state index contributed by atoms with van der Waals surface area (Å²) in [6, 6.07) is 11.4. The number of nitrogens with zero attached hydrogens (tertiary/aromatic N) is 1. The third-order valence-electron chi connectivity index (χ3n) is 4.15. The Balaban J connectivity index is 1.49. The van der Waals surface area contributed by atoms with Crippen LogP contribution in [0.15, 0.2) is 47.1 Å². The summed E-state index contributed by atoms with van der Waals surface area (Å²) in [4.78, 5) is 30.6. The average Bonchev–Trinajstić information content (AvgIpc) is 3.39. The van der Waals surface area contributed by atoms with Crippen molar-refractivity contribution in [3.63, 3.8) is 0 Å². The van der Waals surface area contributed by atoms with E-state index < -0.39 is 5.97 Å². The number of furan rings is 1. The third-order valence-corrected chi connectivity index (χ3v) is 6.45. The van der Waals surface area contributed by atoms with Gasteiger partial charge in [-0.1, -0.05) is 18.2 Å². The number of hydrogen-bond acceptors (Lipinski definition) is 7. The number of thiophene rings is 1. The zero-order valence-electron chi connectivity index (χ0n) is 14.6. The first-order valence-electron chi connectivity index (χ1n) is 8.24. The second kappa shape index (κ2) is 7.09. The Morgan fingerprint density at radius 2 is 1.93 bits per heavy atom. The molecule has 0 aliphatic carbocycles. The van der Waals surface area contributed by atoms with E-state index in [4.69, 9.17) is 9.15 Å². The summed E-state index contributed by atoms with van der Waals surface area (Å²) in [6.45, 7) is 3.40. The number of fused-ring (bicyclic) bond motifs is 1. The smallest absolute Gasteiger partial charge is 0.358 e. The fourth-order valence-electron chi connectivity index (χ4n) is 2.80. The van der Waals surface area contributed by atoms with Crippen molar-refractivity contribution in [1.82, 2.24) is 4.98 Å². The minimum atomic E-state index is -0.603. The molecule has 3 aromatic heterocycles. The molecule has 0 unspecified atom stereocenters. The van der Waals surface area contributed by atoms with Gasteiger partial charge < -0.3 is 9.15 Å². The molecule has 0 aliphatic rings. The van der Waals surface area contributed by atoms with Crippen molar-refractivity contribution in [3.8, 4) is 10.8 Å². The number of thiazole rings is 1. The largest absolute Gasteiger partial charge is 0.462 e. The van der Waals surface area contributed by atoms with Crippen molar-refractivity contribution in [3.05, 3.63) is 63.7 Å². The molecule has 0 spiro atoms.